The highest BCUT2D eigenvalue weighted by molar-refractivity contribution is 5.72. The predicted octanol–water partition coefficient (Wildman–Crippen LogP) is 19.6. The van der Waals surface area contributed by atoms with Crippen molar-refractivity contribution in [2.24, 2.45) is 0 Å². The molecule has 1 aromatic rings. The second-order valence-corrected chi connectivity index (χ2v) is 18.1. The molecule has 0 saturated heterocycles. The quantitative estimate of drug-likeness (QED) is 0.0374. The third-order valence-electron chi connectivity index (χ3n) is 12.5. The van der Waals surface area contributed by atoms with E-state index in [0.29, 0.717) is 12.2 Å². The van der Waals surface area contributed by atoms with Crippen LogP contribution in [0.5, 0.6) is 5.75 Å². The molecule has 2 nitrogen and oxygen atoms in total. The van der Waals surface area contributed by atoms with Crippen LogP contribution < -0.4 is 4.74 Å². The Morgan fingerprint density at radius 2 is 0.500 bits per heavy atom. The van der Waals surface area contributed by atoms with Crippen molar-refractivity contribution in [2.75, 3.05) is 0 Å². The Morgan fingerprint density at radius 1 is 0.304 bits per heavy atom. The molecule has 56 heavy (non-hydrogen) atoms. The maximum Gasteiger partial charge on any atom is 0.311 e. The van der Waals surface area contributed by atoms with Crippen LogP contribution in [0.25, 0.3) is 0 Å². The van der Waals surface area contributed by atoms with Crippen molar-refractivity contribution in [1.82, 2.24) is 0 Å². The molecule has 0 aromatic heterocycles. The molecule has 0 heterocycles. The number of benzene rings is 1. The summed E-state index contributed by atoms with van der Waals surface area (Å²) in [5.74, 6) is 0.558. The number of carbonyl (C=O) groups is 1. The van der Waals surface area contributed by atoms with E-state index >= 15 is 0 Å². The van der Waals surface area contributed by atoms with Crippen LogP contribution in [-0.2, 0) is 4.79 Å². The molecule has 0 amide bonds. The highest BCUT2D eigenvalue weighted by atomic mass is 16.5. The maximum absolute atomic E-state index is 11.9. The highest BCUT2D eigenvalue weighted by Gasteiger charge is 2.04. The van der Waals surface area contributed by atoms with Gasteiger partial charge in [-0.25, -0.2) is 0 Å². The van der Waals surface area contributed by atoms with E-state index in [4.69, 9.17) is 4.74 Å². The summed E-state index contributed by atoms with van der Waals surface area (Å²) in [6.07, 6.45) is 65.3. The lowest BCUT2D eigenvalue weighted by Crippen LogP contribution is -2.07. The molecular weight excluding hydrogens is 681 g/mol. The molecular formula is C54H100O2. The van der Waals surface area contributed by atoms with Gasteiger partial charge in [-0.2, -0.15) is 0 Å². The predicted molar refractivity (Wildman–Crippen MR) is 250 cm³/mol. The summed E-state index contributed by atoms with van der Waals surface area (Å²) in [6, 6.07) is 9.41. The van der Waals surface area contributed by atoms with Crippen molar-refractivity contribution < 1.29 is 9.53 Å². The SMILES string of the molecule is CCCCCCCCCCCCCCCCCCCCCCCCCCCCCCCCCCCCCCCCCCCCCCCC(=O)Oc1ccccc1. The number of rotatable bonds is 47. The largest absolute Gasteiger partial charge is 0.427 e. The van der Waals surface area contributed by atoms with Gasteiger partial charge in [-0.1, -0.05) is 308 Å². The van der Waals surface area contributed by atoms with Crippen LogP contribution in [0.15, 0.2) is 30.3 Å². The van der Waals surface area contributed by atoms with E-state index in [9.17, 15) is 4.79 Å². The molecule has 328 valence electrons. The van der Waals surface area contributed by atoms with E-state index in [1.165, 1.54) is 276 Å². The van der Waals surface area contributed by atoms with Gasteiger partial charge in [-0.3, -0.25) is 4.79 Å². The summed E-state index contributed by atoms with van der Waals surface area (Å²) in [6.45, 7) is 2.31. The first kappa shape index (κ1) is 52.7. The van der Waals surface area contributed by atoms with E-state index in [1.54, 1.807) is 0 Å². The molecule has 0 unspecified atom stereocenters. The minimum absolute atomic E-state index is 0.0988. The highest BCUT2D eigenvalue weighted by Crippen LogP contribution is 2.19. The fraction of sp³-hybridized carbons (Fsp3) is 0.870. The minimum atomic E-state index is -0.0988. The lowest BCUT2D eigenvalue weighted by atomic mass is 10.0. The molecule has 0 aliphatic rings. The van der Waals surface area contributed by atoms with Gasteiger partial charge in [0.25, 0.3) is 0 Å². The van der Waals surface area contributed by atoms with Gasteiger partial charge < -0.3 is 4.74 Å². The summed E-state index contributed by atoms with van der Waals surface area (Å²) in [5, 5.41) is 0. The van der Waals surface area contributed by atoms with Crippen LogP contribution in [0.3, 0.4) is 0 Å². The first-order valence-electron chi connectivity index (χ1n) is 26.1. The van der Waals surface area contributed by atoms with Crippen molar-refractivity contribution in [3.05, 3.63) is 30.3 Å². The molecule has 0 fully saturated rings. The summed E-state index contributed by atoms with van der Waals surface area (Å²) in [4.78, 5) is 11.9. The third-order valence-corrected chi connectivity index (χ3v) is 12.5. The topological polar surface area (TPSA) is 26.3 Å². The van der Waals surface area contributed by atoms with Crippen LogP contribution in [0.2, 0.25) is 0 Å². The van der Waals surface area contributed by atoms with Crippen LogP contribution in [0.4, 0.5) is 0 Å². The van der Waals surface area contributed by atoms with E-state index in [2.05, 4.69) is 6.92 Å². The van der Waals surface area contributed by atoms with Crippen LogP contribution in [0.1, 0.15) is 302 Å². The molecule has 0 N–H and O–H groups in total. The normalized spacial score (nSPS) is 11.4. The first-order chi connectivity index (χ1) is 27.8. The van der Waals surface area contributed by atoms with Gasteiger partial charge in [0, 0.05) is 6.42 Å². The Balaban J connectivity index is 1.61. The average molecular weight is 781 g/mol. The fourth-order valence-corrected chi connectivity index (χ4v) is 8.61. The number of para-hydroxylation sites is 1. The van der Waals surface area contributed by atoms with Gasteiger partial charge in [-0.15, -0.1) is 0 Å². The molecule has 0 spiro atoms. The van der Waals surface area contributed by atoms with Gasteiger partial charge in [0.05, 0.1) is 0 Å². The smallest absolute Gasteiger partial charge is 0.311 e. The van der Waals surface area contributed by atoms with Crippen molar-refractivity contribution in [1.29, 1.82) is 0 Å². The fourth-order valence-electron chi connectivity index (χ4n) is 8.61. The monoisotopic (exact) mass is 781 g/mol. The second-order valence-electron chi connectivity index (χ2n) is 18.1. The molecule has 0 atom stereocenters. The molecule has 1 aromatic carbocycles. The van der Waals surface area contributed by atoms with E-state index < -0.39 is 0 Å². The van der Waals surface area contributed by atoms with Crippen LogP contribution in [-0.4, -0.2) is 5.97 Å². The summed E-state index contributed by atoms with van der Waals surface area (Å²) in [7, 11) is 0. The van der Waals surface area contributed by atoms with E-state index in [1.807, 2.05) is 30.3 Å². The van der Waals surface area contributed by atoms with Gasteiger partial charge in [0.15, 0.2) is 0 Å². The zero-order valence-electron chi connectivity index (χ0n) is 38.2. The number of esters is 1. The van der Waals surface area contributed by atoms with E-state index in [-0.39, 0.29) is 5.97 Å². The van der Waals surface area contributed by atoms with Crippen molar-refractivity contribution in [3.63, 3.8) is 0 Å². The molecule has 0 aliphatic heterocycles. The summed E-state index contributed by atoms with van der Waals surface area (Å²) in [5.41, 5.74) is 0. The number of ether oxygens (including phenoxy) is 1. The number of hydrogen-bond donors (Lipinski definition) is 0. The van der Waals surface area contributed by atoms with Gasteiger partial charge in [0.1, 0.15) is 5.75 Å². The van der Waals surface area contributed by atoms with Crippen LogP contribution in [0, 0.1) is 0 Å². The minimum Gasteiger partial charge on any atom is -0.427 e. The average Bonchev–Trinajstić information content (AvgIpc) is 3.21. The lowest BCUT2D eigenvalue weighted by Gasteiger charge is -2.05. The van der Waals surface area contributed by atoms with Crippen molar-refractivity contribution in [2.45, 2.75) is 302 Å². The molecule has 0 saturated carbocycles. The Labute approximate surface area is 352 Å². The maximum atomic E-state index is 11.9. The van der Waals surface area contributed by atoms with E-state index in [0.717, 1.165) is 12.8 Å². The first-order valence-corrected chi connectivity index (χ1v) is 26.1. The standard InChI is InChI=1S/C54H100O2/c1-2-3-4-5-6-7-8-9-10-11-12-13-14-15-16-17-18-19-20-21-22-23-24-25-26-27-28-29-30-31-32-33-34-35-36-37-38-39-40-41-42-43-44-45-49-52-54(55)56-53-50-47-46-48-51-53/h46-48,50-51H,2-45,49,52H2,1H3. The van der Waals surface area contributed by atoms with Crippen molar-refractivity contribution >= 4 is 5.97 Å². The molecule has 1 rings (SSSR count). The summed E-state index contributed by atoms with van der Waals surface area (Å²) < 4.78 is 5.36. The third kappa shape index (κ3) is 42.3. The zero-order valence-corrected chi connectivity index (χ0v) is 38.2. The molecule has 0 bridgehead atoms. The molecule has 0 radical (unpaired) electrons. The summed E-state index contributed by atoms with van der Waals surface area (Å²) >= 11 is 0. The molecule has 2 heteroatoms. The Hall–Kier alpha value is -1.31. The van der Waals surface area contributed by atoms with Gasteiger partial charge in [-0.05, 0) is 18.6 Å². The lowest BCUT2D eigenvalue weighted by molar-refractivity contribution is -0.134. The Morgan fingerprint density at radius 3 is 0.714 bits per heavy atom. The number of hydrogen-bond acceptors (Lipinski definition) is 2. The Bertz CT molecular complexity index is 864. The van der Waals surface area contributed by atoms with Gasteiger partial charge in [0.2, 0.25) is 0 Å². The number of unbranched alkanes of at least 4 members (excludes halogenated alkanes) is 44. The van der Waals surface area contributed by atoms with Crippen LogP contribution >= 0.6 is 0 Å². The number of carbonyl (C=O) groups excluding carboxylic acids is 1. The second kappa shape index (κ2) is 46.4. The van der Waals surface area contributed by atoms with Gasteiger partial charge >= 0.3 is 5.97 Å². The Kier molecular flexibility index (Phi) is 43.7. The zero-order chi connectivity index (χ0) is 39.9. The molecule has 0 aliphatic carbocycles. The van der Waals surface area contributed by atoms with Crippen molar-refractivity contribution in [3.8, 4) is 5.75 Å².